The highest BCUT2D eigenvalue weighted by Gasteiger charge is 2.19. The van der Waals surface area contributed by atoms with Gasteiger partial charge in [-0.25, -0.2) is 4.39 Å². The zero-order chi connectivity index (χ0) is 13.0. The number of phenols is 1. The predicted octanol–water partition coefficient (Wildman–Crippen LogP) is 3.02. The molecule has 1 saturated carbocycles. The van der Waals surface area contributed by atoms with Crippen LogP contribution in [0.2, 0.25) is 0 Å². The van der Waals surface area contributed by atoms with Gasteiger partial charge in [-0.3, -0.25) is 5.32 Å². The minimum Gasteiger partial charge on any atom is -0.505 e. The first kappa shape index (κ1) is 12.8. The highest BCUT2D eigenvalue weighted by molar-refractivity contribution is 5.32. The van der Waals surface area contributed by atoms with Crippen molar-refractivity contribution < 1.29 is 9.50 Å². The van der Waals surface area contributed by atoms with E-state index in [1.165, 1.54) is 31.4 Å². The Balaban J connectivity index is 2.07. The van der Waals surface area contributed by atoms with Gasteiger partial charge in [0.25, 0.3) is 0 Å². The van der Waals surface area contributed by atoms with Gasteiger partial charge in [0.05, 0.1) is 6.07 Å². The van der Waals surface area contributed by atoms with E-state index >= 15 is 0 Å². The van der Waals surface area contributed by atoms with Gasteiger partial charge >= 0.3 is 0 Å². The molecule has 2 rings (SSSR count). The van der Waals surface area contributed by atoms with Crippen molar-refractivity contribution in [3.8, 4) is 11.8 Å². The van der Waals surface area contributed by atoms with Crippen LogP contribution in [0.5, 0.6) is 5.75 Å². The fourth-order valence-corrected chi connectivity index (χ4v) is 2.42. The van der Waals surface area contributed by atoms with E-state index in [0.717, 1.165) is 12.8 Å². The molecule has 1 aliphatic rings. The summed E-state index contributed by atoms with van der Waals surface area (Å²) in [5.74, 6) is -1.06. The standard InChI is InChI=1S/C14H17FN2O/c15-12-8-10(6-7-14(12)18)13(9-16)17-11-4-2-1-3-5-11/h6-8,11,13,17-18H,1-5H2. The molecule has 18 heavy (non-hydrogen) atoms. The van der Waals surface area contributed by atoms with Gasteiger partial charge in [0.15, 0.2) is 11.6 Å². The summed E-state index contributed by atoms with van der Waals surface area (Å²) in [6.45, 7) is 0. The fourth-order valence-electron chi connectivity index (χ4n) is 2.42. The van der Waals surface area contributed by atoms with Crippen LogP contribution in [-0.4, -0.2) is 11.1 Å². The van der Waals surface area contributed by atoms with E-state index in [9.17, 15) is 9.65 Å². The molecule has 0 radical (unpaired) electrons. The molecule has 1 aliphatic carbocycles. The average molecular weight is 248 g/mol. The molecule has 1 aromatic rings. The zero-order valence-corrected chi connectivity index (χ0v) is 10.2. The maximum atomic E-state index is 13.3. The lowest BCUT2D eigenvalue weighted by atomic mass is 9.94. The largest absolute Gasteiger partial charge is 0.505 e. The van der Waals surface area contributed by atoms with E-state index in [2.05, 4.69) is 11.4 Å². The van der Waals surface area contributed by atoms with Crippen LogP contribution >= 0.6 is 0 Å². The van der Waals surface area contributed by atoms with Crippen LogP contribution < -0.4 is 5.32 Å². The molecule has 1 atom stereocenters. The molecule has 0 heterocycles. The molecule has 0 spiro atoms. The van der Waals surface area contributed by atoms with Crippen LogP contribution in [0.1, 0.15) is 43.7 Å². The Kier molecular flexibility index (Phi) is 4.16. The number of nitrogens with zero attached hydrogens (tertiary/aromatic N) is 1. The zero-order valence-electron chi connectivity index (χ0n) is 10.2. The molecule has 0 bridgehead atoms. The lowest BCUT2D eigenvalue weighted by Crippen LogP contribution is -2.33. The van der Waals surface area contributed by atoms with Gasteiger partial charge in [0, 0.05) is 6.04 Å². The molecule has 1 fully saturated rings. The number of benzene rings is 1. The minimum absolute atomic E-state index is 0.334. The van der Waals surface area contributed by atoms with Crippen LogP contribution in [0.3, 0.4) is 0 Å². The summed E-state index contributed by atoms with van der Waals surface area (Å²) in [5.41, 5.74) is 0.568. The Labute approximate surface area is 106 Å². The molecule has 96 valence electrons. The van der Waals surface area contributed by atoms with Gasteiger partial charge < -0.3 is 5.11 Å². The molecule has 0 aliphatic heterocycles. The Bertz CT molecular complexity index is 450. The number of nitriles is 1. The van der Waals surface area contributed by atoms with Crippen LogP contribution in [0, 0.1) is 17.1 Å². The van der Waals surface area contributed by atoms with Crippen molar-refractivity contribution in [1.82, 2.24) is 5.32 Å². The molecule has 1 unspecified atom stereocenters. The summed E-state index contributed by atoms with van der Waals surface area (Å²) >= 11 is 0. The molecule has 3 nitrogen and oxygen atoms in total. The van der Waals surface area contributed by atoms with Gasteiger partial charge in [-0.1, -0.05) is 25.3 Å². The third-order valence-corrected chi connectivity index (χ3v) is 3.44. The van der Waals surface area contributed by atoms with Gasteiger partial charge in [0.2, 0.25) is 0 Å². The van der Waals surface area contributed by atoms with Crippen LogP contribution in [0.4, 0.5) is 4.39 Å². The molecular weight excluding hydrogens is 231 g/mol. The van der Waals surface area contributed by atoms with Crippen molar-refractivity contribution in [3.63, 3.8) is 0 Å². The summed E-state index contributed by atoms with van der Waals surface area (Å²) in [7, 11) is 0. The Morgan fingerprint density at radius 1 is 1.33 bits per heavy atom. The topological polar surface area (TPSA) is 56.0 Å². The molecule has 4 heteroatoms. The van der Waals surface area contributed by atoms with E-state index in [1.807, 2.05) is 0 Å². The fraction of sp³-hybridized carbons (Fsp3) is 0.500. The highest BCUT2D eigenvalue weighted by Crippen LogP contribution is 2.24. The van der Waals surface area contributed by atoms with Gasteiger partial charge in [-0.15, -0.1) is 0 Å². The van der Waals surface area contributed by atoms with Gasteiger partial charge in [-0.2, -0.15) is 5.26 Å². The van der Waals surface area contributed by atoms with Crippen LogP contribution in [0.25, 0.3) is 0 Å². The van der Waals surface area contributed by atoms with Gasteiger partial charge in [-0.05, 0) is 30.5 Å². The third-order valence-electron chi connectivity index (χ3n) is 3.44. The van der Waals surface area contributed by atoms with Crippen molar-refractivity contribution in [3.05, 3.63) is 29.6 Å². The van der Waals surface area contributed by atoms with Crippen molar-refractivity contribution in [1.29, 1.82) is 5.26 Å². The van der Waals surface area contributed by atoms with Crippen LogP contribution in [0.15, 0.2) is 18.2 Å². The molecule has 0 saturated heterocycles. The SMILES string of the molecule is N#CC(NC1CCCCC1)c1ccc(O)c(F)c1. The van der Waals surface area contributed by atoms with E-state index in [4.69, 9.17) is 5.11 Å². The molecule has 1 aromatic carbocycles. The summed E-state index contributed by atoms with van der Waals surface area (Å²) in [4.78, 5) is 0. The quantitative estimate of drug-likeness (QED) is 0.864. The van der Waals surface area contributed by atoms with Crippen molar-refractivity contribution in [2.45, 2.75) is 44.2 Å². The average Bonchev–Trinajstić information content (AvgIpc) is 2.40. The predicted molar refractivity (Wildman–Crippen MR) is 66.4 cm³/mol. The number of aromatic hydroxyl groups is 1. The molecular formula is C14H17FN2O. The monoisotopic (exact) mass is 248 g/mol. The lowest BCUT2D eigenvalue weighted by molar-refractivity contribution is 0.359. The summed E-state index contributed by atoms with van der Waals surface area (Å²) < 4.78 is 13.3. The van der Waals surface area contributed by atoms with E-state index in [1.54, 1.807) is 6.07 Å². The summed E-state index contributed by atoms with van der Waals surface area (Å²) in [5, 5.41) is 21.6. The van der Waals surface area contributed by atoms with Crippen molar-refractivity contribution in [2.24, 2.45) is 0 Å². The Morgan fingerprint density at radius 2 is 2.06 bits per heavy atom. The normalized spacial score (nSPS) is 18.2. The smallest absolute Gasteiger partial charge is 0.165 e. The number of hydrogen-bond donors (Lipinski definition) is 2. The summed E-state index contributed by atoms with van der Waals surface area (Å²) in [6.07, 6.45) is 5.75. The Morgan fingerprint density at radius 3 is 2.67 bits per heavy atom. The Hall–Kier alpha value is -1.60. The first-order chi connectivity index (χ1) is 8.70. The lowest BCUT2D eigenvalue weighted by Gasteiger charge is -2.25. The summed E-state index contributed by atoms with van der Waals surface area (Å²) in [6, 6.07) is 6.07. The van der Waals surface area contributed by atoms with E-state index in [0.29, 0.717) is 11.6 Å². The molecule has 0 amide bonds. The first-order valence-electron chi connectivity index (χ1n) is 6.35. The highest BCUT2D eigenvalue weighted by atomic mass is 19.1. The number of phenolic OH excluding ortho intramolecular Hbond substituents is 1. The first-order valence-corrected chi connectivity index (χ1v) is 6.35. The maximum absolute atomic E-state index is 13.3. The second-order valence-electron chi connectivity index (χ2n) is 4.77. The van der Waals surface area contributed by atoms with Crippen molar-refractivity contribution >= 4 is 0 Å². The van der Waals surface area contributed by atoms with E-state index < -0.39 is 11.9 Å². The van der Waals surface area contributed by atoms with Crippen LogP contribution in [-0.2, 0) is 0 Å². The minimum atomic E-state index is -0.682. The molecule has 2 N–H and O–H groups in total. The third kappa shape index (κ3) is 2.99. The number of hydrogen-bond acceptors (Lipinski definition) is 3. The van der Waals surface area contributed by atoms with E-state index in [-0.39, 0.29) is 5.75 Å². The second-order valence-corrected chi connectivity index (χ2v) is 4.77. The maximum Gasteiger partial charge on any atom is 0.165 e. The van der Waals surface area contributed by atoms with Gasteiger partial charge in [0.1, 0.15) is 6.04 Å². The number of rotatable bonds is 3. The second kappa shape index (κ2) is 5.83. The molecule has 0 aromatic heterocycles. The number of nitrogens with one attached hydrogen (secondary N) is 1. The number of halogens is 1. The van der Waals surface area contributed by atoms with Crippen molar-refractivity contribution in [2.75, 3.05) is 0 Å².